The average Bonchev–Trinajstić information content (AvgIpc) is 2.78. The van der Waals surface area contributed by atoms with Crippen molar-refractivity contribution in [2.45, 2.75) is 27.7 Å². The third-order valence-electron chi connectivity index (χ3n) is 5.62. The lowest BCUT2D eigenvalue weighted by atomic mass is 9.91. The van der Waals surface area contributed by atoms with Gasteiger partial charge in [-0.2, -0.15) is 0 Å². The molecule has 0 radical (unpaired) electrons. The van der Waals surface area contributed by atoms with Crippen LogP contribution in [0.4, 0.5) is 5.82 Å². The first-order valence-corrected chi connectivity index (χ1v) is 10.9. The van der Waals surface area contributed by atoms with Gasteiger partial charge in [-0.25, -0.2) is 9.98 Å². The molecule has 0 fully saturated rings. The van der Waals surface area contributed by atoms with Gasteiger partial charge in [-0.1, -0.05) is 72.8 Å². The summed E-state index contributed by atoms with van der Waals surface area (Å²) in [6.07, 6.45) is 2.16. The molecule has 158 valence electrons. The first-order chi connectivity index (χ1) is 15.4. The zero-order chi connectivity index (χ0) is 22.7. The first kappa shape index (κ1) is 21.5. The molecule has 0 atom stereocenters. The number of benzene rings is 3. The van der Waals surface area contributed by atoms with Gasteiger partial charge in [-0.3, -0.25) is 0 Å². The topological polar surface area (TPSA) is 25.2 Å². The summed E-state index contributed by atoms with van der Waals surface area (Å²) in [6, 6.07) is 27.3. The summed E-state index contributed by atoms with van der Waals surface area (Å²) in [5, 5.41) is 1.13. The fourth-order valence-electron chi connectivity index (χ4n) is 3.88. The molecule has 0 amide bonds. The quantitative estimate of drug-likeness (QED) is 0.302. The number of aryl methyl sites for hydroxylation is 2. The van der Waals surface area contributed by atoms with Gasteiger partial charge in [-0.15, -0.1) is 0 Å². The van der Waals surface area contributed by atoms with E-state index in [0.717, 1.165) is 50.3 Å². The van der Waals surface area contributed by atoms with Crippen LogP contribution in [0.5, 0.6) is 0 Å². The smallest absolute Gasteiger partial charge is 0.155 e. The largest absolute Gasteiger partial charge is 0.234 e. The van der Waals surface area contributed by atoms with Gasteiger partial charge in [0.1, 0.15) is 0 Å². The molecule has 0 aliphatic carbocycles. The number of allylic oxidation sites excluding steroid dienone is 2. The Morgan fingerprint density at radius 2 is 1.53 bits per heavy atom. The number of hydrogen-bond donors (Lipinski definition) is 0. The van der Waals surface area contributed by atoms with E-state index < -0.39 is 0 Å². The van der Waals surface area contributed by atoms with Crippen molar-refractivity contribution < 1.29 is 0 Å². The summed E-state index contributed by atoms with van der Waals surface area (Å²) in [5.74, 6) is 0.761. The van der Waals surface area contributed by atoms with Crippen molar-refractivity contribution in [1.82, 2.24) is 4.98 Å². The van der Waals surface area contributed by atoms with Crippen molar-refractivity contribution in [2.75, 3.05) is 0 Å². The molecular formula is C30H28N2. The van der Waals surface area contributed by atoms with Crippen LogP contribution in [0, 0.1) is 13.8 Å². The molecule has 0 N–H and O–H groups in total. The van der Waals surface area contributed by atoms with Gasteiger partial charge in [0.15, 0.2) is 5.82 Å². The van der Waals surface area contributed by atoms with Crippen LogP contribution in [0.2, 0.25) is 0 Å². The van der Waals surface area contributed by atoms with Gasteiger partial charge in [0.25, 0.3) is 0 Å². The summed E-state index contributed by atoms with van der Waals surface area (Å²) in [5.41, 5.74) is 9.86. The van der Waals surface area contributed by atoms with E-state index in [0.29, 0.717) is 0 Å². The molecule has 0 aliphatic heterocycles. The lowest BCUT2D eigenvalue weighted by molar-refractivity contribution is 1.27. The molecule has 4 aromatic rings. The van der Waals surface area contributed by atoms with E-state index in [9.17, 15) is 0 Å². The molecule has 0 unspecified atom stereocenters. The molecule has 0 bridgehead atoms. The lowest BCUT2D eigenvalue weighted by Gasteiger charge is -2.13. The number of pyridine rings is 1. The highest BCUT2D eigenvalue weighted by Gasteiger charge is 2.10. The van der Waals surface area contributed by atoms with E-state index >= 15 is 0 Å². The van der Waals surface area contributed by atoms with E-state index in [2.05, 4.69) is 87.2 Å². The van der Waals surface area contributed by atoms with Gasteiger partial charge < -0.3 is 0 Å². The summed E-state index contributed by atoms with van der Waals surface area (Å²) >= 11 is 0. The van der Waals surface area contributed by atoms with Crippen LogP contribution in [-0.4, -0.2) is 10.7 Å². The molecule has 1 aromatic heterocycles. The Morgan fingerprint density at radius 3 is 2.31 bits per heavy atom. The standard InChI is InChI=1S/C30H28N2/c1-20(2)24-13-10-14-25(19-24)28(27-15-8-6-11-21(27)3)18-23(5)31-30-22(4)17-26-12-7-9-16-29(26)32-30/h6-19H,1H2,2-5H3/b28-18-,31-23?. The summed E-state index contributed by atoms with van der Waals surface area (Å²) in [7, 11) is 0. The Bertz CT molecular complexity index is 1370. The highest BCUT2D eigenvalue weighted by molar-refractivity contribution is 6.04. The highest BCUT2D eigenvalue weighted by atomic mass is 14.9. The zero-order valence-corrected chi connectivity index (χ0v) is 19.2. The van der Waals surface area contributed by atoms with Gasteiger partial charge >= 0.3 is 0 Å². The maximum atomic E-state index is 4.90. The zero-order valence-electron chi connectivity index (χ0n) is 19.2. The van der Waals surface area contributed by atoms with E-state index in [4.69, 9.17) is 9.98 Å². The molecule has 2 nitrogen and oxygen atoms in total. The molecule has 4 rings (SSSR count). The van der Waals surface area contributed by atoms with Crippen molar-refractivity contribution in [3.8, 4) is 0 Å². The fraction of sp³-hybridized carbons (Fsp3) is 0.133. The van der Waals surface area contributed by atoms with Crippen molar-refractivity contribution in [3.05, 3.63) is 119 Å². The minimum atomic E-state index is 0.761. The second kappa shape index (κ2) is 9.15. The fourth-order valence-corrected chi connectivity index (χ4v) is 3.88. The van der Waals surface area contributed by atoms with E-state index in [1.807, 2.05) is 32.0 Å². The van der Waals surface area contributed by atoms with Crippen molar-refractivity contribution >= 4 is 33.6 Å². The monoisotopic (exact) mass is 416 g/mol. The minimum Gasteiger partial charge on any atom is -0.234 e. The van der Waals surface area contributed by atoms with Crippen LogP contribution in [0.1, 0.15) is 41.7 Å². The van der Waals surface area contributed by atoms with Crippen LogP contribution in [0.25, 0.3) is 22.0 Å². The Labute approximate surface area is 190 Å². The number of aliphatic imine (C=N–C) groups is 1. The van der Waals surface area contributed by atoms with Crippen LogP contribution in [-0.2, 0) is 0 Å². The maximum Gasteiger partial charge on any atom is 0.155 e. The Kier molecular flexibility index (Phi) is 6.13. The van der Waals surface area contributed by atoms with Crippen molar-refractivity contribution in [3.63, 3.8) is 0 Å². The van der Waals surface area contributed by atoms with Crippen LogP contribution >= 0.6 is 0 Å². The Hall–Kier alpha value is -3.78. The number of hydrogen-bond acceptors (Lipinski definition) is 2. The van der Waals surface area contributed by atoms with Crippen LogP contribution < -0.4 is 0 Å². The van der Waals surface area contributed by atoms with Crippen LogP contribution in [0.15, 0.2) is 96.5 Å². The Balaban J connectivity index is 1.85. The predicted octanol–water partition coefficient (Wildman–Crippen LogP) is 8.11. The van der Waals surface area contributed by atoms with Gasteiger partial charge in [-0.05, 0) is 85.4 Å². The summed E-state index contributed by atoms with van der Waals surface area (Å²) in [4.78, 5) is 9.69. The normalized spacial score (nSPS) is 12.2. The second-order valence-corrected chi connectivity index (χ2v) is 8.31. The van der Waals surface area contributed by atoms with Crippen LogP contribution in [0.3, 0.4) is 0 Å². The highest BCUT2D eigenvalue weighted by Crippen LogP contribution is 2.29. The van der Waals surface area contributed by atoms with E-state index in [-0.39, 0.29) is 0 Å². The van der Waals surface area contributed by atoms with Crippen molar-refractivity contribution in [2.24, 2.45) is 4.99 Å². The summed E-state index contributed by atoms with van der Waals surface area (Å²) < 4.78 is 0. The molecule has 2 heteroatoms. The van der Waals surface area contributed by atoms with Crippen molar-refractivity contribution in [1.29, 1.82) is 0 Å². The minimum absolute atomic E-state index is 0.761. The summed E-state index contributed by atoms with van der Waals surface area (Å²) in [6.45, 7) is 12.4. The SMILES string of the molecule is C=C(C)c1cccc(/C(=C/C(C)=Nc2nc3ccccc3cc2C)c2ccccc2C)c1. The average molecular weight is 417 g/mol. The van der Waals surface area contributed by atoms with E-state index in [1.54, 1.807) is 0 Å². The maximum absolute atomic E-state index is 4.90. The van der Waals surface area contributed by atoms with Gasteiger partial charge in [0, 0.05) is 11.1 Å². The van der Waals surface area contributed by atoms with E-state index in [1.165, 1.54) is 11.1 Å². The van der Waals surface area contributed by atoms with Gasteiger partial charge in [0.05, 0.1) is 5.52 Å². The molecule has 0 saturated carbocycles. The second-order valence-electron chi connectivity index (χ2n) is 8.31. The number of aromatic nitrogens is 1. The van der Waals surface area contributed by atoms with Gasteiger partial charge in [0.2, 0.25) is 0 Å². The number of para-hydroxylation sites is 1. The molecule has 0 saturated heterocycles. The molecule has 1 heterocycles. The molecule has 3 aromatic carbocycles. The molecule has 0 aliphatic rings. The number of nitrogens with zero attached hydrogens (tertiary/aromatic N) is 2. The predicted molar refractivity (Wildman–Crippen MR) is 139 cm³/mol. The first-order valence-electron chi connectivity index (χ1n) is 10.9. The third-order valence-corrected chi connectivity index (χ3v) is 5.62. The molecule has 32 heavy (non-hydrogen) atoms. The molecular weight excluding hydrogens is 388 g/mol. The number of rotatable bonds is 5. The molecule has 0 spiro atoms. The third kappa shape index (κ3) is 4.60. The number of fused-ring (bicyclic) bond motifs is 1. The Morgan fingerprint density at radius 1 is 0.812 bits per heavy atom. The lowest BCUT2D eigenvalue weighted by Crippen LogP contribution is -1.97.